The highest BCUT2D eigenvalue weighted by Gasteiger charge is 1.89. The summed E-state index contributed by atoms with van der Waals surface area (Å²) in [6.07, 6.45) is 4.24. The van der Waals surface area contributed by atoms with E-state index in [-0.39, 0.29) is 0 Å². The summed E-state index contributed by atoms with van der Waals surface area (Å²) in [5.41, 5.74) is 2.67. The molecule has 0 spiro atoms. The molecular weight excluding hydrogens is 122 g/mol. The van der Waals surface area contributed by atoms with Gasteiger partial charge in [0.1, 0.15) is 0 Å². The van der Waals surface area contributed by atoms with Crippen molar-refractivity contribution in [3.8, 4) is 0 Å². The minimum atomic E-state index is 1.33. The van der Waals surface area contributed by atoms with Gasteiger partial charge in [0.2, 0.25) is 0 Å². The van der Waals surface area contributed by atoms with E-state index in [1.807, 2.05) is 14.1 Å². The SMILES string of the molecule is C/C=C(C)\C(C)=C/N(C)C. The van der Waals surface area contributed by atoms with E-state index in [0.29, 0.717) is 0 Å². The van der Waals surface area contributed by atoms with E-state index in [4.69, 9.17) is 0 Å². The first kappa shape index (κ1) is 9.28. The van der Waals surface area contributed by atoms with Gasteiger partial charge in [0.15, 0.2) is 0 Å². The number of nitrogens with zero attached hydrogens (tertiary/aromatic N) is 1. The van der Waals surface area contributed by atoms with Gasteiger partial charge in [0.05, 0.1) is 0 Å². The summed E-state index contributed by atoms with van der Waals surface area (Å²) in [6.45, 7) is 6.30. The second-order valence-corrected chi connectivity index (χ2v) is 2.75. The molecule has 0 amide bonds. The average Bonchev–Trinajstić information content (AvgIpc) is 1.85. The van der Waals surface area contributed by atoms with Crippen LogP contribution in [0.5, 0.6) is 0 Å². The lowest BCUT2D eigenvalue weighted by molar-refractivity contribution is 0.559. The third kappa shape index (κ3) is 3.33. The zero-order valence-electron chi connectivity index (χ0n) is 7.60. The predicted molar refractivity (Wildman–Crippen MR) is 46.9 cm³/mol. The van der Waals surface area contributed by atoms with Gasteiger partial charge in [-0.1, -0.05) is 11.6 Å². The number of rotatable bonds is 2. The van der Waals surface area contributed by atoms with Gasteiger partial charge in [0, 0.05) is 20.3 Å². The molecule has 0 aromatic rings. The van der Waals surface area contributed by atoms with Crippen LogP contribution in [0.2, 0.25) is 0 Å². The Morgan fingerprint density at radius 3 is 1.90 bits per heavy atom. The van der Waals surface area contributed by atoms with E-state index < -0.39 is 0 Å². The molecule has 1 nitrogen and oxygen atoms in total. The summed E-state index contributed by atoms with van der Waals surface area (Å²) >= 11 is 0. The molecule has 0 rings (SSSR count). The summed E-state index contributed by atoms with van der Waals surface area (Å²) in [6, 6.07) is 0. The predicted octanol–water partition coefficient (Wildman–Crippen LogP) is 2.42. The van der Waals surface area contributed by atoms with Crippen LogP contribution in [0.3, 0.4) is 0 Å². The maximum absolute atomic E-state index is 2.12. The second-order valence-electron chi connectivity index (χ2n) is 2.75. The lowest BCUT2D eigenvalue weighted by Crippen LogP contribution is -2.02. The summed E-state index contributed by atoms with van der Waals surface area (Å²) in [5, 5.41) is 0. The van der Waals surface area contributed by atoms with Crippen LogP contribution < -0.4 is 0 Å². The van der Waals surface area contributed by atoms with E-state index in [1.54, 1.807) is 0 Å². The van der Waals surface area contributed by atoms with E-state index in [0.717, 1.165) is 0 Å². The third-order valence-electron chi connectivity index (χ3n) is 1.51. The highest BCUT2D eigenvalue weighted by atomic mass is 15.0. The van der Waals surface area contributed by atoms with Crippen molar-refractivity contribution < 1.29 is 0 Å². The molecule has 0 radical (unpaired) electrons. The molecule has 10 heavy (non-hydrogen) atoms. The summed E-state index contributed by atoms with van der Waals surface area (Å²) in [7, 11) is 4.07. The highest BCUT2D eigenvalue weighted by Crippen LogP contribution is 2.06. The fraction of sp³-hybridized carbons (Fsp3) is 0.556. The Morgan fingerprint density at radius 2 is 1.60 bits per heavy atom. The van der Waals surface area contributed by atoms with E-state index in [2.05, 4.69) is 37.9 Å². The smallest absolute Gasteiger partial charge is 0.00557 e. The molecule has 58 valence electrons. The van der Waals surface area contributed by atoms with Gasteiger partial charge in [-0.15, -0.1) is 0 Å². The van der Waals surface area contributed by atoms with Gasteiger partial charge in [-0.3, -0.25) is 0 Å². The highest BCUT2D eigenvalue weighted by molar-refractivity contribution is 5.25. The first-order valence-corrected chi connectivity index (χ1v) is 3.56. The van der Waals surface area contributed by atoms with E-state index in [1.165, 1.54) is 11.1 Å². The van der Waals surface area contributed by atoms with Crippen LogP contribution >= 0.6 is 0 Å². The Bertz CT molecular complexity index is 152. The van der Waals surface area contributed by atoms with Crippen molar-refractivity contribution in [2.24, 2.45) is 0 Å². The molecule has 0 saturated carbocycles. The molecule has 0 saturated heterocycles. The lowest BCUT2D eigenvalue weighted by Gasteiger charge is -2.07. The molecular formula is C9H17N. The first-order chi connectivity index (χ1) is 4.57. The van der Waals surface area contributed by atoms with Crippen LogP contribution in [0.25, 0.3) is 0 Å². The Labute approximate surface area is 64.0 Å². The zero-order valence-corrected chi connectivity index (χ0v) is 7.60. The second kappa shape index (κ2) is 4.15. The molecule has 0 aromatic carbocycles. The average molecular weight is 139 g/mol. The standard InChI is InChI=1S/C9H17N/c1-6-8(2)9(3)7-10(4)5/h6-7H,1-5H3/b8-6-,9-7-. The van der Waals surface area contributed by atoms with Gasteiger partial charge >= 0.3 is 0 Å². The van der Waals surface area contributed by atoms with E-state index in [9.17, 15) is 0 Å². The molecule has 0 aromatic heterocycles. The Hall–Kier alpha value is -0.720. The topological polar surface area (TPSA) is 3.24 Å². The van der Waals surface area contributed by atoms with Gasteiger partial charge in [-0.05, 0) is 26.3 Å². The maximum atomic E-state index is 2.12. The third-order valence-corrected chi connectivity index (χ3v) is 1.51. The maximum Gasteiger partial charge on any atom is 0.00557 e. The molecule has 0 bridgehead atoms. The van der Waals surface area contributed by atoms with Crippen molar-refractivity contribution in [2.45, 2.75) is 20.8 Å². The summed E-state index contributed by atoms with van der Waals surface area (Å²) < 4.78 is 0. The van der Waals surface area contributed by atoms with Crippen LogP contribution in [0, 0.1) is 0 Å². The Kier molecular flexibility index (Phi) is 3.85. The van der Waals surface area contributed by atoms with Crippen molar-refractivity contribution in [3.63, 3.8) is 0 Å². The Balaban J connectivity index is 4.20. The first-order valence-electron chi connectivity index (χ1n) is 3.56. The van der Waals surface area contributed by atoms with Crippen LogP contribution in [0.15, 0.2) is 23.4 Å². The molecule has 0 atom stereocenters. The van der Waals surface area contributed by atoms with Gasteiger partial charge in [-0.25, -0.2) is 0 Å². The number of hydrogen-bond donors (Lipinski definition) is 0. The quantitative estimate of drug-likeness (QED) is 0.531. The van der Waals surface area contributed by atoms with Crippen LogP contribution in [0.4, 0.5) is 0 Å². The van der Waals surface area contributed by atoms with Gasteiger partial charge in [0.25, 0.3) is 0 Å². The Morgan fingerprint density at radius 1 is 1.10 bits per heavy atom. The molecule has 0 aliphatic heterocycles. The van der Waals surface area contributed by atoms with Crippen molar-refractivity contribution in [1.82, 2.24) is 4.90 Å². The lowest BCUT2D eigenvalue weighted by atomic mass is 10.1. The van der Waals surface area contributed by atoms with Gasteiger partial charge in [-0.2, -0.15) is 0 Å². The van der Waals surface area contributed by atoms with Gasteiger partial charge < -0.3 is 4.90 Å². The minimum Gasteiger partial charge on any atom is -0.383 e. The van der Waals surface area contributed by atoms with E-state index >= 15 is 0 Å². The molecule has 0 heterocycles. The normalized spacial score (nSPS) is 13.7. The zero-order chi connectivity index (χ0) is 8.15. The minimum absolute atomic E-state index is 1.33. The molecule has 1 heteroatoms. The molecule has 0 aliphatic carbocycles. The fourth-order valence-electron chi connectivity index (χ4n) is 0.717. The van der Waals surface area contributed by atoms with Crippen LogP contribution in [0.1, 0.15) is 20.8 Å². The number of hydrogen-bond acceptors (Lipinski definition) is 1. The van der Waals surface area contributed by atoms with Crippen molar-refractivity contribution in [2.75, 3.05) is 14.1 Å². The number of allylic oxidation sites excluding steroid dienone is 3. The monoisotopic (exact) mass is 139 g/mol. The van der Waals surface area contributed by atoms with Crippen LogP contribution in [-0.4, -0.2) is 19.0 Å². The largest absolute Gasteiger partial charge is 0.383 e. The molecule has 0 aliphatic rings. The van der Waals surface area contributed by atoms with Crippen molar-refractivity contribution in [1.29, 1.82) is 0 Å². The summed E-state index contributed by atoms with van der Waals surface area (Å²) in [4.78, 5) is 2.06. The van der Waals surface area contributed by atoms with Crippen molar-refractivity contribution >= 4 is 0 Å². The van der Waals surface area contributed by atoms with Crippen LogP contribution in [-0.2, 0) is 0 Å². The fourth-order valence-corrected chi connectivity index (χ4v) is 0.717. The molecule has 0 N–H and O–H groups in total. The van der Waals surface area contributed by atoms with Crippen molar-refractivity contribution in [3.05, 3.63) is 23.4 Å². The molecule has 0 fully saturated rings. The molecule has 0 unspecified atom stereocenters. The summed E-state index contributed by atoms with van der Waals surface area (Å²) in [5.74, 6) is 0.